The molecule has 1 aromatic carbocycles. The van der Waals surface area contributed by atoms with Crippen molar-refractivity contribution in [3.05, 3.63) is 57.8 Å². The van der Waals surface area contributed by atoms with Crippen molar-refractivity contribution in [2.75, 3.05) is 19.7 Å². The van der Waals surface area contributed by atoms with Crippen LogP contribution in [0.4, 0.5) is 0 Å². The summed E-state index contributed by atoms with van der Waals surface area (Å²) in [7, 11) is 0. The minimum absolute atomic E-state index is 0.00577. The van der Waals surface area contributed by atoms with E-state index < -0.39 is 0 Å². The molecule has 116 valence electrons. The van der Waals surface area contributed by atoms with Gasteiger partial charge in [-0.25, -0.2) is 0 Å². The maximum Gasteiger partial charge on any atom is 0.234 e. The first-order valence-corrected chi connectivity index (χ1v) is 8.37. The number of hydrogen-bond acceptors (Lipinski definition) is 4. The molecule has 0 spiro atoms. The van der Waals surface area contributed by atoms with Gasteiger partial charge in [-0.1, -0.05) is 30.3 Å². The van der Waals surface area contributed by atoms with E-state index in [1.165, 1.54) is 5.56 Å². The number of aliphatic hydroxyl groups is 1. The van der Waals surface area contributed by atoms with Gasteiger partial charge < -0.3 is 10.4 Å². The molecule has 0 bridgehead atoms. The third kappa shape index (κ3) is 3.38. The SMILES string of the molecule is O=C(CN1CCc2ccccc2C1CO)NCc1cccs1. The quantitative estimate of drug-likeness (QED) is 0.886. The normalized spacial score (nSPS) is 18.0. The minimum Gasteiger partial charge on any atom is -0.394 e. The fourth-order valence-corrected chi connectivity index (χ4v) is 3.59. The number of thiophene rings is 1. The van der Waals surface area contributed by atoms with Gasteiger partial charge in [-0.3, -0.25) is 9.69 Å². The number of rotatable bonds is 5. The highest BCUT2D eigenvalue weighted by Gasteiger charge is 2.27. The van der Waals surface area contributed by atoms with Crippen LogP contribution in [-0.4, -0.2) is 35.6 Å². The molecule has 1 aliphatic rings. The lowest BCUT2D eigenvalue weighted by molar-refractivity contribution is -0.123. The van der Waals surface area contributed by atoms with E-state index in [1.54, 1.807) is 11.3 Å². The third-order valence-corrected chi connectivity index (χ3v) is 4.96. The Bertz CT molecular complexity index is 627. The molecule has 0 saturated heterocycles. The largest absolute Gasteiger partial charge is 0.394 e. The number of nitrogens with one attached hydrogen (secondary N) is 1. The molecular formula is C17H20N2O2S. The Kier molecular flexibility index (Phi) is 4.87. The Morgan fingerprint density at radius 1 is 1.32 bits per heavy atom. The second kappa shape index (κ2) is 7.05. The molecule has 4 nitrogen and oxygen atoms in total. The number of nitrogens with zero attached hydrogens (tertiary/aromatic N) is 1. The Morgan fingerprint density at radius 3 is 2.95 bits per heavy atom. The maximum atomic E-state index is 12.2. The van der Waals surface area contributed by atoms with Gasteiger partial charge in [0, 0.05) is 11.4 Å². The molecule has 0 fully saturated rings. The van der Waals surface area contributed by atoms with Gasteiger partial charge in [-0.2, -0.15) is 0 Å². The van der Waals surface area contributed by atoms with Crippen LogP contribution in [0.2, 0.25) is 0 Å². The summed E-state index contributed by atoms with van der Waals surface area (Å²) >= 11 is 1.64. The number of aliphatic hydroxyl groups excluding tert-OH is 1. The summed E-state index contributed by atoms with van der Waals surface area (Å²) in [5.41, 5.74) is 2.42. The number of amides is 1. The summed E-state index contributed by atoms with van der Waals surface area (Å²) in [6.07, 6.45) is 0.922. The van der Waals surface area contributed by atoms with Crippen LogP contribution < -0.4 is 5.32 Å². The molecule has 1 atom stereocenters. The van der Waals surface area contributed by atoms with Gasteiger partial charge in [0.05, 0.1) is 25.7 Å². The first-order chi connectivity index (χ1) is 10.8. The van der Waals surface area contributed by atoms with Gasteiger partial charge in [0.15, 0.2) is 0 Å². The summed E-state index contributed by atoms with van der Waals surface area (Å²) in [5.74, 6) is 0.00577. The molecule has 1 unspecified atom stereocenters. The summed E-state index contributed by atoms with van der Waals surface area (Å²) in [5, 5.41) is 14.7. The van der Waals surface area contributed by atoms with E-state index in [2.05, 4.69) is 16.3 Å². The number of benzene rings is 1. The molecule has 1 amide bonds. The molecule has 22 heavy (non-hydrogen) atoms. The van der Waals surface area contributed by atoms with E-state index in [9.17, 15) is 9.90 Å². The van der Waals surface area contributed by atoms with Crippen molar-refractivity contribution in [3.63, 3.8) is 0 Å². The first-order valence-electron chi connectivity index (χ1n) is 7.49. The van der Waals surface area contributed by atoms with Gasteiger partial charge >= 0.3 is 0 Å². The molecular weight excluding hydrogens is 296 g/mol. The van der Waals surface area contributed by atoms with E-state index in [0.717, 1.165) is 23.4 Å². The van der Waals surface area contributed by atoms with E-state index in [4.69, 9.17) is 0 Å². The second-order valence-electron chi connectivity index (χ2n) is 5.47. The highest BCUT2D eigenvalue weighted by molar-refractivity contribution is 7.09. The Morgan fingerprint density at radius 2 is 2.18 bits per heavy atom. The van der Waals surface area contributed by atoms with Crippen molar-refractivity contribution in [1.82, 2.24) is 10.2 Å². The Balaban J connectivity index is 1.61. The lowest BCUT2D eigenvalue weighted by Gasteiger charge is -2.35. The molecule has 3 rings (SSSR count). The van der Waals surface area contributed by atoms with Crippen LogP contribution in [0.1, 0.15) is 22.0 Å². The highest BCUT2D eigenvalue weighted by atomic mass is 32.1. The zero-order chi connectivity index (χ0) is 15.4. The highest BCUT2D eigenvalue weighted by Crippen LogP contribution is 2.28. The van der Waals surface area contributed by atoms with Crippen LogP contribution in [0.25, 0.3) is 0 Å². The van der Waals surface area contributed by atoms with Crippen LogP contribution in [0.15, 0.2) is 41.8 Å². The fourth-order valence-electron chi connectivity index (χ4n) is 2.95. The third-order valence-electron chi connectivity index (χ3n) is 4.08. The van der Waals surface area contributed by atoms with Gasteiger partial charge in [-0.15, -0.1) is 11.3 Å². The van der Waals surface area contributed by atoms with E-state index in [-0.39, 0.29) is 18.6 Å². The summed E-state index contributed by atoms with van der Waals surface area (Å²) in [4.78, 5) is 15.4. The standard InChI is InChI=1S/C17H20N2O2S/c20-12-16-15-6-2-1-4-13(15)7-8-19(16)11-17(21)18-10-14-5-3-9-22-14/h1-6,9,16,20H,7-8,10-12H2,(H,18,21). The monoisotopic (exact) mass is 316 g/mol. The van der Waals surface area contributed by atoms with Crippen molar-refractivity contribution in [2.45, 2.75) is 19.0 Å². The van der Waals surface area contributed by atoms with E-state index in [0.29, 0.717) is 13.1 Å². The first kappa shape index (κ1) is 15.2. The molecule has 2 heterocycles. The molecule has 5 heteroatoms. The van der Waals surface area contributed by atoms with Crippen molar-refractivity contribution in [2.24, 2.45) is 0 Å². The molecule has 1 aromatic heterocycles. The summed E-state index contributed by atoms with van der Waals surface area (Å²) < 4.78 is 0. The van der Waals surface area contributed by atoms with Gasteiger partial charge in [-0.05, 0) is 29.0 Å². The lowest BCUT2D eigenvalue weighted by Crippen LogP contribution is -2.43. The van der Waals surface area contributed by atoms with Crippen molar-refractivity contribution < 1.29 is 9.90 Å². The van der Waals surface area contributed by atoms with Gasteiger partial charge in [0.2, 0.25) is 5.91 Å². The van der Waals surface area contributed by atoms with Crippen molar-refractivity contribution in [1.29, 1.82) is 0 Å². The number of carbonyl (C=O) groups excluding carboxylic acids is 1. The Labute approximate surface area is 134 Å². The topological polar surface area (TPSA) is 52.6 Å². The van der Waals surface area contributed by atoms with Crippen molar-refractivity contribution >= 4 is 17.2 Å². The average molecular weight is 316 g/mol. The zero-order valence-electron chi connectivity index (χ0n) is 12.4. The number of carbonyl (C=O) groups is 1. The second-order valence-corrected chi connectivity index (χ2v) is 6.51. The number of hydrogen-bond donors (Lipinski definition) is 2. The molecule has 0 radical (unpaired) electrons. The average Bonchev–Trinajstić information content (AvgIpc) is 3.06. The summed E-state index contributed by atoms with van der Waals surface area (Å²) in [6, 6.07) is 12.1. The van der Waals surface area contributed by atoms with Crippen LogP contribution in [0, 0.1) is 0 Å². The van der Waals surface area contributed by atoms with Crippen LogP contribution >= 0.6 is 11.3 Å². The molecule has 0 aliphatic carbocycles. The van der Waals surface area contributed by atoms with Crippen LogP contribution in [-0.2, 0) is 17.8 Å². The smallest absolute Gasteiger partial charge is 0.234 e. The lowest BCUT2D eigenvalue weighted by atomic mass is 9.93. The van der Waals surface area contributed by atoms with Crippen molar-refractivity contribution in [3.8, 4) is 0 Å². The molecule has 1 aliphatic heterocycles. The maximum absolute atomic E-state index is 12.2. The fraction of sp³-hybridized carbons (Fsp3) is 0.353. The predicted octanol–water partition coefficient (Wildman–Crippen LogP) is 1.96. The molecule has 2 aromatic rings. The minimum atomic E-state index is -0.0857. The van der Waals surface area contributed by atoms with E-state index >= 15 is 0 Å². The molecule has 2 N–H and O–H groups in total. The number of fused-ring (bicyclic) bond motifs is 1. The predicted molar refractivity (Wildman–Crippen MR) is 87.7 cm³/mol. The summed E-state index contributed by atoms with van der Waals surface area (Å²) in [6.45, 7) is 1.74. The molecule has 0 saturated carbocycles. The Hall–Kier alpha value is -1.69. The zero-order valence-corrected chi connectivity index (χ0v) is 13.2. The van der Waals surface area contributed by atoms with Crippen LogP contribution in [0.3, 0.4) is 0 Å². The van der Waals surface area contributed by atoms with E-state index in [1.807, 2.05) is 35.7 Å². The van der Waals surface area contributed by atoms with Crippen LogP contribution in [0.5, 0.6) is 0 Å². The van der Waals surface area contributed by atoms with Gasteiger partial charge in [0.1, 0.15) is 0 Å². The van der Waals surface area contributed by atoms with Gasteiger partial charge in [0.25, 0.3) is 0 Å².